The lowest BCUT2D eigenvalue weighted by Gasteiger charge is -2.33. The highest BCUT2D eigenvalue weighted by molar-refractivity contribution is 7.09. The molecule has 27 heavy (non-hydrogen) atoms. The molecule has 2 aliphatic rings. The van der Waals surface area contributed by atoms with E-state index in [0.29, 0.717) is 24.5 Å². The van der Waals surface area contributed by atoms with Gasteiger partial charge in [0.1, 0.15) is 18.8 Å². The highest BCUT2D eigenvalue weighted by Crippen LogP contribution is 2.30. The van der Waals surface area contributed by atoms with Gasteiger partial charge in [-0.2, -0.15) is 0 Å². The van der Waals surface area contributed by atoms with Crippen LogP contribution in [0.15, 0.2) is 41.8 Å². The lowest BCUT2D eigenvalue weighted by molar-refractivity contribution is -0.917. The topological polar surface area (TPSA) is 54.3 Å². The van der Waals surface area contributed by atoms with Crippen LogP contribution in [0.4, 0.5) is 5.69 Å². The fourth-order valence-corrected chi connectivity index (χ4v) is 4.41. The molecule has 0 spiro atoms. The molecule has 0 unspecified atom stereocenters. The van der Waals surface area contributed by atoms with Gasteiger partial charge in [-0.25, -0.2) is 0 Å². The number of thiophene rings is 1. The molecule has 2 amide bonds. The first kappa shape index (κ1) is 18.0. The summed E-state index contributed by atoms with van der Waals surface area (Å²) in [5, 5.41) is 2.11. The van der Waals surface area contributed by atoms with Gasteiger partial charge in [-0.15, -0.1) is 11.3 Å². The minimum atomic E-state index is -0.0599. The van der Waals surface area contributed by atoms with Gasteiger partial charge in [0.25, 0.3) is 0 Å². The Morgan fingerprint density at radius 1 is 1.15 bits per heavy atom. The second kappa shape index (κ2) is 8.10. The molecular formula is C20H24N3O3S+. The summed E-state index contributed by atoms with van der Waals surface area (Å²) >= 11 is 1.79. The van der Waals surface area contributed by atoms with Crippen LogP contribution in [0.25, 0.3) is 0 Å². The molecule has 1 N–H and O–H groups in total. The van der Waals surface area contributed by atoms with Crippen LogP contribution in [0.5, 0.6) is 5.75 Å². The van der Waals surface area contributed by atoms with Crippen molar-refractivity contribution in [1.82, 2.24) is 4.90 Å². The van der Waals surface area contributed by atoms with E-state index in [4.69, 9.17) is 4.74 Å². The Balaban J connectivity index is 1.37. The fourth-order valence-electron chi connectivity index (χ4n) is 3.64. The van der Waals surface area contributed by atoms with Crippen molar-refractivity contribution in [1.29, 1.82) is 0 Å². The lowest BCUT2D eigenvalue weighted by atomic mass is 10.2. The molecule has 1 aromatic heterocycles. The number of benzene rings is 1. The van der Waals surface area contributed by atoms with Crippen molar-refractivity contribution in [2.75, 3.05) is 44.2 Å². The maximum Gasteiger partial charge on any atom is 0.243 e. The molecule has 4 rings (SSSR count). The molecule has 1 saturated heterocycles. The number of quaternary nitrogens is 1. The van der Waals surface area contributed by atoms with Crippen molar-refractivity contribution in [3.8, 4) is 5.75 Å². The summed E-state index contributed by atoms with van der Waals surface area (Å²) in [4.78, 5) is 31.7. The molecule has 142 valence electrons. The first-order chi connectivity index (χ1) is 13.2. The van der Waals surface area contributed by atoms with E-state index >= 15 is 0 Å². The summed E-state index contributed by atoms with van der Waals surface area (Å²) in [5.41, 5.74) is 0.690. The highest BCUT2D eigenvalue weighted by Gasteiger charge is 2.29. The molecule has 0 saturated carbocycles. The smallest absolute Gasteiger partial charge is 0.243 e. The third-order valence-corrected chi connectivity index (χ3v) is 6.03. The molecule has 6 nitrogen and oxygen atoms in total. The molecular weight excluding hydrogens is 362 g/mol. The third kappa shape index (κ3) is 4.14. The standard InChI is InChI=1S/C20H23N3O3S/c24-19-7-12-26-18-6-2-1-5-17(18)23(19)15-20(25)22-10-8-21(9-11-22)14-16-4-3-13-27-16/h1-6,13H,7-12,14-15H2/p+1. The van der Waals surface area contributed by atoms with Gasteiger partial charge in [0.2, 0.25) is 11.8 Å². The summed E-state index contributed by atoms with van der Waals surface area (Å²) < 4.78 is 5.65. The third-order valence-electron chi connectivity index (χ3n) is 5.15. The van der Waals surface area contributed by atoms with Crippen molar-refractivity contribution in [2.45, 2.75) is 13.0 Å². The molecule has 2 aromatic rings. The zero-order valence-corrected chi connectivity index (χ0v) is 16.0. The molecule has 0 atom stereocenters. The number of para-hydroxylation sites is 2. The van der Waals surface area contributed by atoms with Crippen LogP contribution in [-0.4, -0.2) is 56.0 Å². The Bertz CT molecular complexity index is 801. The van der Waals surface area contributed by atoms with Crippen LogP contribution in [0, 0.1) is 0 Å². The van der Waals surface area contributed by atoms with Crippen molar-refractivity contribution in [3.63, 3.8) is 0 Å². The van der Waals surface area contributed by atoms with E-state index in [-0.39, 0.29) is 18.4 Å². The molecule has 3 heterocycles. The van der Waals surface area contributed by atoms with Crippen LogP contribution in [-0.2, 0) is 16.1 Å². The minimum Gasteiger partial charge on any atom is -0.491 e. The van der Waals surface area contributed by atoms with Gasteiger partial charge >= 0.3 is 0 Å². The van der Waals surface area contributed by atoms with Gasteiger partial charge in [-0.05, 0) is 23.6 Å². The number of nitrogens with one attached hydrogen (secondary N) is 1. The zero-order valence-electron chi connectivity index (χ0n) is 15.2. The number of hydrogen-bond acceptors (Lipinski definition) is 4. The largest absolute Gasteiger partial charge is 0.491 e. The first-order valence-electron chi connectivity index (χ1n) is 9.36. The maximum absolute atomic E-state index is 12.8. The van der Waals surface area contributed by atoms with Gasteiger partial charge < -0.3 is 14.5 Å². The Labute approximate surface area is 162 Å². The molecule has 0 radical (unpaired) electrons. The quantitative estimate of drug-likeness (QED) is 0.845. The van der Waals surface area contributed by atoms with Crippen molar-refractivity contribution in [3.05, 3.63) is 46.7 Å². The fraction of sp³-hybridized carbons (Fsp3) is 0.400. The number of ether oxygens (including phenoxy) is 1. The van der Waals surface area contributed by atoms with Crippen molar-refractivity contribution in [2.24, 2.45) is 0 Å². The number of carbonyl (C=O) groups excluding carboxylic acids is 2. The number of carbonyl (C=O) groups is 2. The number of hydrogen-bond donors (Lipinski definition) is 1. The summed E-state index contributed by atoms with van der Waals surface area (Å²) in [6.45, 7) is 4.81. The normalized spacial score (nSPS) is 18.0. The van der Waals surface area contributed by atoms with E-state index in [1.54, 1.807) is 16.2 Å². The van der Waals surface area contributed by atoms with E-state index in [0.717, 1.165) is 32.7 Å². The summed E-state index contributed by atoms with van der Waals surface area (Å²) in [7, 11) is 0. The van der Waals surface area contributed by atoms with Crippen molar-refractivity contribution < 1.29 is 19.2 Å². The number of rotatable bonds is 4. The Kier molecular flexibility index (Phi) is 5.40. The number of fused-ring (bicyclic) bond motifs is 1. The van der Waals surface area contributed by atoms with Gasteiger partial charge in [-0.1, -0.05) is 18.2 Å². The van der Waals surface area contributed by atoms with Gasteiger partial charge in [0, 0.05) is 0 Å². The monoisotopic (exact) mass is 386 g/mol. The van der Waals surface area contributed by atoms with Crippen LogP contribution in [0.2, 0.25) is 0 Å². The number of anilines is 1. The van der Waals surface area contributed by atoms with Gasteiger partial charge in [-0.3, -0.25) is 14.5 Å². The Hall–Kier alpha value is -2.38. The second-order valence-corrected chi connectivity index (χ2v) is 7.97. The number of piperazine rings is 1. The lowest BCUT2D eigenvalue weighted by Crippen LogP contribution is -3.13. The summed E-state index contributed by atoms with van der Waals surface area (Å²) in [6.07, 6.45) is 0.292. The zero-order chi connectivity index (χ0) is 18.6. The predicted octanol–water partition coefficient (Wildman–Crippen LogP) is 0.791. The van der Waals surface area contributed by atoms with Crippen LogP contribution < -0.4 is 14.5 Å². The van der Waals surface area contributed by atoms with Gasteiger partial charge in [0.05, 0.1) is 49.8 Å². The van der Waals surface area contributed by atoms with Crippen LogP contribution in [0.1, 0.15) is 11.3 Å². The minimum absolute atomic E-state index is 0.00947. The average molecular weight is 386 g/mol. The molecule has 2 aliphatic heterocycles. The van der Waals surface area contributed by atoms with E-state index in [9.17, 15) is 9.59 Å². The van der Waals surface area contributed by atoms with Crippen molar-refractivity contribution >= 4 is 28.8 Å². The molecule has 0 bridgehead atoms. The molecule has 0 aliphatic carbocycles. The molecule has 1 fully saturated rings. The highest BCUT2D eigenvalue weighted by atomic mass is 32.1. The van der Waals surface area contributed by atoms with Gasteiger partial charge in [0.15, 0.2) is 0 Å². The Morgan fingerprint density at radius 3 is 2.74 bits per heavy atom. The Morgan fingerprint density at radius 2 is 1.96 bits per heavy atom. The average Bonchev–Trinajstić information content (AvgIpc) is 3.14. The second-order valence-electron chi connectivity index (χ2n) is 6.93. The van der Waals surface area contributed by atoms with E-state index < -0.39 is 0 Å². The molecule has 7 heteroatoms. The molecule has 1 aromatic carbocycles. The number of amides is 2. The number of nitrogens with zero attached hydrogens (tertiary/aromatic N) is 2. The van der Waals surface area contributed by atoms with E-state index in [2.05, 4.69) is 17.5 Å². The van der Waals surface area contributed by atoms with Crippen LogP contribution >= 0.6 is 11.3 Å². The predicted molar refractivity (Wildman–Crippen MR) is 104 cm³/mol. The van der Waals surface area contributed by atoms with E-state index in [1.165, 1.54) is 9.78 Å². The van der Waals surface area contributed by atoms with Crippen LogP contribution in [0.3, 0.4) is 0 Å². The SMILES string of the molecule is O=C(CN1C(=O)CCOc2ccccc21)N1CC[NH+](Cc2cccs2)CC1. The summed E-state index contributed by atoms with van der Waals surface area (Å²) in [5.74, 6) is 0.617. The summed E-state index contributed by atoms with van der Waals surface area (Å²) in [6, 6.07) is 11.7. The first-order valence-corrected chi connectivity index (χ1v) is 10.2. The maximum atomic E-state index is 12.8. The van der Waals surface area contributed by atoms with E-state index in [1.807, 2.05) is 29.2 Å².